The smallest absolute Gasteiger partial charge is 0.360 e. The summed E-state index contributed by atoms with van der Waals surface area (Å²) in [6.45, 7) is -0.618. The van der Waals surface area contributed by atoms with Crippen LogP contribution in [-0.4, -0.2) is 37.7 Å². The van der Waals surface area contributed by atoms with Crippen LogP contribution >= 0.6 is 0 Å². The molecule has 0 heterocycles. The van der Waals surface area contributed by atoms with Gasteiger partial charge in [0.15, 0.2) is 0 Å². The van der Waals surface area contributed by atoms with Crippen LogP contribution in [0.3, 0.4) is 0 Å². The first-order chi connectivity index (χ1) is 8.71. The molecule has 2 nitrogen and oxygen atoms in total. The molecule has 1 saturated carbocycles. The van der Waals surface area contributed by atoms with Gasteiger partial charge in [-0.3, -0.25) is 0 Å². The maximum Gasteiger partial charge on any atom is 0.423 e. The molecule has 8 heteroatoms. The van der Waals surface area contributed by atoms with Crippen molar-refractivity contribution >= 4 is 0 Å². The second-order valence-corrected chi connectivity index (χ2v) is 4.62. The molecule has 0 aromatic carbocycles. The number of nitrogens with one attached hydrogen (secondary N) is 1. The molecule has 114 valence electrons. The molecule has 0 bridgehead atoms. The minimum absolute atomic E-state index is 0.00662. The standard InChI is InChI=1S/C11H17F6NO/c12-10(13,14)9(11(15,16)17)19-7-6-18-8-4-2-1-3-5-8/h8-9,18H,1-7H2. The Morgan fingerprint density at radius 1 is 0.947 bits per heavy atom. The number of alkyl halides is 6. The maximum atomic E-state index is 12.1. The molecule has 0 atom stereocenters. The highest BCUT2D eigenvalue weighted by Gasteiger charge is 2.57. The van der Waals surface area contributed by atoms with Gasteiger partial charge >= 0.3 is 12.4 Å². The number of hydrogen-bond donors (Lipinski definition) is 1. The molecule has 19 heavy (non-hydrogen) atoms. The molecule has 1 fully saturated rings. The van der Waals surface area contributed by atoms with Gasteiger partial charge in [-0.2, -0.15) is 26.3 Å². The summed E-state index contributed by atoms with van der Waals surface area (Å²) in [7, 11) is 0. The second kappa shape index (κ2) is 6.78. The Bertz CT molecular complexity index is 245. The van der Waals surface area contributed by atoms with Crippen LogP contribution in [0.15, 0.2) is 0 Å². The summed E-state index contributed by atoms with van der Waals surface area (Å²) >= 11 is 0. The Morgan fingerprint density at radius 3 is 1.95 bits per heavy atom. The lowest BCUT2D eigenvalue weighted by molar-refractivity contribution is -0.321. The Hall–Kier alpha value is -0.500. The minimum Gasteiger partial charge on any atom is -0.360 e. The van der Waals surface area contributed by atoms with Gasteiger partial charge in [0.25, 0.3) is 0 Å². The van der Waals surface area contributed by atoms with E-state index in [1.807, 2.05) is 0 Å². The SMILES string of the molecule is FC(F)(F)C(OCCNC1CCCCC1)C(F)(F)F. The molecule has 0 amide bonds. The Morgan fingerprint density at radius 2 is 1.47 bits per heavy atom. The summed E-state index contributed by atoms with van der Waals surface area (Å²) in [6.07, 6.45) is -9.55. The van der Waals surface area contributed by atoms with Crippen LogP contribution in [0.1, 0.15) is 32.1 Å². The van der Waals surface area contributed by atoms with E-state index in [0.29, 0.717) is 0 Å². The molecular formula is C11H17F6NO. The van der Waals surface area contributed by atoms with E-state index in [4.69, 9.17) is 0 Å². The first-order valence-corrected chi connectivity index (χ1v) is 6.19. The van der Waals surface area contributed by atoms with Crippen LogP contribution < -0.4 is 5.32 Å². The fourth-order valence-corrected chi connectivity index (χ4v) is 2.12. The fraction of sp³-hybridized carbons (Fsp3) is 1.00. The molecule has 0 radical (unpaired) electrons. The normalized spacial score (nSPS) is 19.1. The number of halogens is 6. The van der Waals surface area contributed by atoms with Gasteiger partial charge in [-0.1, -0.05) is 19.3 Å². The van der Waals surface area contributed by atoms with E-state index in [-0.39, 0.29) is 12.6 Å². The van der Waals surface area contributed by atoms with Crippen molar-refractivity contribution in [2.24, 2.45) is 0 Å². The third kappa shape index (κ3) is 5.99. The second-order valence-electron chi connectivity index (χ2n) is 4.62. The van der Waals surface area contributed by atoms with E-state index < -0.39 is 25.1 Å². The Balaban J connectivity index is 2.28. The highest BCUT2D eigenvalue weighted by molar-refractivity contribution is 4.76. The molecule has 1 rings (SSSR count). The highest BCUT2D eigenvalue weighted by Crippen LogP contribution is 2.35. The topological polar surface area (TPSA) is 21.3 Å². The molecule has 0 saturated heterocycles. The lowest BCUT2D eigenvalue weighted by Crippen LogP contribution is -2.45. The van der Waals surface area contributed by atoms with Crippen LogP contribution in [0.5, 0.6) is 0 Å². The molecule has 0 unspecified atom stereocenters. The third-order valence-electron chi connectivity index (χ3n) is 3.02. The van der Waals surface area contributed by atoms with E-state index in [0.717, 1.165) is 32.1 Å². The van der Waals surface area contributed by atoms with Crippen molar-refractivity contribution in [2.45, 2.75) is 56.6 Å². The van der Waals surface area contributed by atoms with Gasteiger partial charge < -0.3 is 10.1 Å². The summed E-state index contributed by atoms with van der Waals surface area (Å²) in [6, 6.07) is 0.174. The van der Waals surface area contributed by atoms with Crippen molar-refractivity contribution in [2.75, 3.05) is 13.2 Å². The van der Waals surface area contributed by atoms with E-state index in [9.17, 15) is 26.3 Å². The van der Waals surface area contributed by atoms with Crippen molar-refractivity contribution in [3.63, 3.8) is 0 Å². The molecule has 0 spiro atoms. The first-order valence-electron chi connectivity index (χ1n) is 6.19. The maximum absolute atomic E-state index is 12.1. The average molecular weight is 293 g/mol. The molecule has 0 aromatic heterocycles. The van der Waals surface area contributed by atoms with Gasteiger partial charge in [0.2, 0.25) is 6.10 Å². The zero-order valence-electron chi connectivity index (χ0n) is 10.3. The lowest BCUT2D eigenvalue weighted by Gasteiger charge is -2.25. The average Bonchev–Trinajstić information content (AvgIpc) is 2.26. The van der Waals surface area contributed by atoms with Crippen LogP contribution in [0.2, 0.25) is 0 Å². The van der Waals surface area contributed by atoms with E-state index >= 15 is 0 Å². The monoisotopic (exact) mass is 293 g/mol. The van der Waals surface area contributed by atoms with Gasteiger partial charge in [-0.25, -0.2) is 0 Å². The largest absolute Gasteiger partial charge is 0.423 e. The molecule has 1 N–H and O–H groups in total. The molecule has 0 aromatic rings. The van der Waals surface area contributed by atoms with Crippen LogP contribution in [0, 0.1) is 0 Å². The quantitative estimate of drug-likeness (QED) is 0.619. The first kappa shape index (κ1) is 16.6. The molecule has 1 aliphatic carbocycles. The van der Waals surface area contributed by atoms with Crippen molar-refractivity contribution in [3.05, 3.63) is 0 Å². The summed E-state index contributed by atoms with van der Waals surface area (Å²) in [5, 5.41) is 2.92. The van der Waals surface area contributed by atoms with Crippen LogP contribution in [0.25, 0.3) is 0 Å². The van der Waals surface area contributed by atoms with Crippen molar-refractivity contribution in [3.8, 4) is 0 Å². The summed E-state index contributed by atoms with van der Waals surface area (Å²) in [5.41, 5.74) is 0. The predicted molar refractivity (Wildman–Crippen MR) is 56.7 cm³/mol. The predicted octanol–water partition coefficient (Wildman–Crippen LogP) is 3.42. The van der Waals surface area contributed by atoms with E-state index in [1.165, 1.54) is 0 Å². The van der Waals surface area contributed by atoms with Crippen LogP contribution in [0.4, 0.5) is 26.3 Å². The summed E-state index contributed by atoms with van der Waals surface area (Å²) in [5.74, 6) is 0. The van der Waals surface area contributed by atoms with Gasteiger partial charge in [-0.15, -0.1) is 0 Å². The van der Waals surface area contributed by atoms with Gasteiger partial charge in [0, 0.05) is 12.6 Å². The zero-order valence-corrected chi connectivity index (χ0v) is 10.3. The van der Waals surface area contributed by atoms with Gasteiger partial charge in [0.1, 0.15) is 0 Å². The summed E-state index contributed by atoms with van der Waals surface area (Å²) < 4.78 is 76.7. The van der Waals surface area contributed by atoms with Crippen LogP contribution in [-0.2, 0) is 4.74 Å². The Kier molecular flexibility index (Phi) is 5.91. The number of hydrogen-bond acceptors (Lipinski definition) is 2. The van der Waals surface area contributed by atoms with E-state index in [2.05, 4.69) is 10.1 Å². The molecule has 0 aliphatic heterocycles. The number of ether oxygens (including phenoxy) is 1. The van der Waals surface area contributed by atoms with Crippen molar-refractivity contribution in [1.82, 2.24) is 5.32 Å². The van der Waals surface area contributed by atoms with Crippen molar-refractivity contribution < 1.29 is 31.1 Å². The highest BCUT2D eigenvalue weighted by atomic mass is 19.4. The Labute approximate surface area is 107 Å². The van der Waals surface area contributed by atoms with Gasteiger partial charge in [0.05, 0.1) is 6.61 Å². The number of rotatable bonds is 5. The third-order valence-corrected chi connectivity index (χ3v) is 3.02. The molecular weight excluding hydrogens is 276 g/mol. The molecule has 1 aliphatic rings. The van der Waals surface area contributed by atoms with E-state index in [1.54, 1.807) is 0 Å². The minimum atomic E-state index is -5.43. The van der Waals surface area contributed by atoms with Crippen molar-refractivity contribution in [1.29, 1.82) is 0 Å². The zero-order chi connectivity index (χ0) is 14.5. The summed E-state index contributed by atoms with van der Waals surface area (Å²) in [4.78, 5) is 0. The van der Waals surface area contributed by atoms with Gasteiger partial charge in [-0.05, 0) is 12.8 Å². The lowest BCUT2D eigenvalue weighted by atomic mass is 9.96. The fourth-order valence-electron chi connectivity index (χ4n) is 2.12.